The van der Waals surface area contributed by atoms with Crippen LogP contribution in [0.1, 0.15) is 60.8 Å². The van der Waals surface area contributed by atoms with Crippen molar-refractivity contribution >= 4 is 0 Å². The molecule has 19 heavy (non-hydrogen) atoms. The van der Waals surface area contributed by atoms with Crippen molar-refractivity contribution in [2.24, 2.45) is 23.7 Å². The molecule has 0 bridgehead atoms. The van der Waals surface area contributed by atoms with E-state index in [0.717, 1.165) is 50.1 Å². The summed E-state index contributed by atoms with van der Waals surface area (Å²) in [7, 11) is 0. The predicted octanol–water partition coefficient (Wildman–Crippen LogP) is 4.77. The highest BCUT2D eigenvalue weighted by Crippen LogP contribution is 2.22. The summed E-state index contributed by atoms with van der Waals surface area (Å²) in [5.74, 6) is 3.44. The molecular formula is C17H36O2. The number of hydrogen-bond donors (Lipinski definition) is 0. The quantitative estimate of drug-likeness (QED) is 0.720. The fraction of sp³-hybridized carbons (Fsp3) is 1.00. The summed E-state index contributed by atoms with van der Waals surface area (Å²) in [4.78, 5) is 0. The molecule has 0 aromatic carbocycles. The number of rotatable bonds is 2. The van der Waals surface area contributed by atoms with Crippen LogP contribution in [0.15, 0.2) is 0 Å². The molecule has 2 saturated heterocycles. The molecule has 2 heterocycles. The average Bonchev–Trinajstić information content (AvgIpc) is 2.97. The molecule has 2 heteroatoms. The van der Waals surface area contributed by atoms with E-state index in [9.17, 15) is 0 Å². The van der Waals surface area contributed by atoms with Gasteiger partial charge in [0.05, 0.1) is 0 Å². The van der Waals surface area contributed by atoms with Gasteiger partial charge in [-0.15, -0.1) is 0 Å². The Balaban J connectivity index is 0.000000303. The van der Waals surface area contributed by atoms with Crippen molar-refractivity contribution in [3.63, 3.8) is 0 Å². The summed E-state index contributed by atoms with van der Waals surface area (Å²) < 4.78 is 10.5. The first-order chi connectivity index (χ1) is 9.11. The van der Waals surface area contributed by atoms with Gasteiger partial charge < -0.3 is 9.47 Å². The lowest BCUT2D eigenvalue weighted by Gasteiger charge is -2.24. The molecule has 0 N–H and O–H groups in total. The van der Waals surface area contributed by atoms with Crippen LogP contribution in [0, 0.1) is 23.7 Å². The van der Waals surface area contributed by atoms with Gasteiger partial charge in [0, 0.05) is 26.4 Å². The van der Waals surface area contributed by atoms with Crippen LogP contribution in [0.3, 0.4) is 0 Å². The molecule has 0 saturated carbocycles. The maximum absolute atomic E-state index is 5.25. The molecule has 0 amide bonds. The molecule has 0 spiro atoms. The van der Waals surface area contributed by atoms with Crippen LogP contribution in [0.5, 0.6) is 0 Å². The third-order valence-corrected chi connectivity index (χ3v) is 4.12. The molecule has 2 aliphatic rings. The molecule has 2 rings (SSSR count). The summed E-state index contributed by atoms with van der Waals surface area (Å²) >= 11 is 0. The third kappa shape index (κ3) is 8.65. The number of ether oxygens (including phenoxy) is 2. The zero-order chi connectivity index (χ0) is 14.7. The van der Waals surface area contributed by atoms with Gasteiger partial charge in [0.1, 0.15) is 0 Å². The van der Waals surface area contributed by atoms with Crippen molar-refractivity contribution in [3.05, 3.63) is 0 Å². The minimum atomic E-state index is 0.817. The van der Waals surface area contributed by atoms with Crippen LogP contribution in [0.25, 0.3) is 0 Å². The fourth-order valence-corrected chi connectivity index (χ4v) is 2.46. The second-order valence-electron chi connectivity index (χ2n) is 6.06. The highest BCUT2D eigenvalue weighted by atomic mass is 16.5. The van der Waals surface area contributed by atoms with Gasteiger partial charge in [0.2, 0.25) is 0 Å². The van der Waals surface area contributed by atoms with Gasteiger partial charge in [0.25, 0.3) is 0 Å². The third-order valence-electron chi connectivity index (χ3n) is 4.12. The Hall–Kier alpha value is -0.0800. The lowest BCUT2D eigenvalue weighted by Crippen LogP contribution is -2.19. The summed E-state index contributed by atoms with van der Waals surface area (Å²) in [6.07, 6.45) is 3.83. The molecule has 0 aliphatic carbocycles. The van der Waals surface area contributed by atoms with Crippen LogP contribution < -0.4 is 0 Å². The summed E-state index contributed by atoms with van der Waals surface area (Å²) in [6, 6.07) is 0. The Labute approximate surface area is 121 Å². The largest absolute Gasteiger partial charge is 0.381 e. The van der Waals surface area contributed by atoms with Crippen molar-refractivity contribution in [2.45, 2.75) is 60.8 Å². The van der Waals surface area contributed by atoms with Crippen molar-refractivity contribution in [3.8, 4) is 0 Å². The Bertz CT molecular complexity index is 178. The second kappa shape index (κ2) is 11.7. The van der Waals surface area contributed by atoms with E-state index in [-0.39, 0.29) is 0 Å². The first-order valence-electron chi connectivity index (χ1n) is 8.26. The first kappa shape index (κ1) is 18.9. The molecular weight excluding hydrogens is 236 g/mol. The second-order valence-corrected chi connectivity index (χ2v) is 6.06. The van der Waals surface area contributed by atoms with Crippen molar-refractivity contribution < 1.29 is 9.47 Å². The summed E-state index contributed by atoms with van der Waals surface area (Å²) in [5, 5.41) is 0. The van der Waals surface area contributed by atoms with E-state index < -0.39 is 0 Å². The maximum atomic E-state index is 5.25. The molecule has 0 aromatic rings. The Morgan fingerprint density at radius 1 is 0.684 bits per heavy atom. The molecule has 1 atom stereocenters. The Morgan fingerprint density at radius 3 is 1.37 bits per heavy atom. The van der Waals surface area contributed by atoms with E-state index in [2.05, 4.69) is 27.7 Å². The molecule has 0 radical (unpaired) electrons. The van der Waals surface area contributed by atoms with Crippen LogP contribution in [-0.2, 0) is 9.47 Å². The van der Waals surface area contributed by atoms with Crippen LogP contribution in [0.2, 0.25) is 0 Å². The zero-order valence-electron chi connectivity index (χ0n) is 14.1. The van der Waals surface area contributed by atoms with E-state index in [1.165, 1.54) is 19.3 Å². The van der Waals surface area contributed by atoms with E-state index in [1.807, 2.05) is 13.8 Å². The molecule has 1 unspecified atom stereocenters. The monoisotopic (exact) mass is 272 g/mol. The van der Waals surface area contributed by atoms with Gasteiger partial charge in [-0.3, -0.25) is 0 Å². The van der Waals surface area contributed by atoms with Gasteiger partial charge in [-0.1, -0.05) is 41.5 Å². The van der Waals surface area contributed by atoms with Crippen LogP contribution >= 0.6 is 0 Å². The zero-order valence-corrected chi connectivity index (χ0v) is 14.1. The Kier molecular flexibility index (Phi) is 11.7. The van der Waals surface area contributed by atoms with E-state index in [1.54, 1.807) is 0 Å². The van der Waals surface area contributed by atoms with Gasteiger partial charge in [-0.25, -0.2) is 0 Å². The minimum Gasteiger partial charge on any atom is -0.381 e. The van der Waals surface area contributed by atoms with Gasteiger partial charge in [-0.2, -0.15) is 0 Å². The standard InChI is InChI=1S/C8H16O.C7H14O.C2H6/c1-7(2)8-3-5-9-6-4-8;1-6(2)7-3-4-8-5-7;1-2/h7-8H,3-6H2,1-2H3;6-7H,3-5H2,1-2H3;1-2H3. The molecule has 0 aromatic heterocycles. The van der Waals surface area contributed by atoms with E-state index in [0.29, 0.717) is 0 Å². The maximum Gasteiger partial charge on any atom is 0.0497 e. The topological polar surface area (TPSA) is 18.5 Å². The highest BCUT2D eigenvalue weighted by molar-refractivity contribution is 4.66. The minimum absolute atomic E-state index is 0.817. The average molecular weight is 272 g/mol. The van der Waals surface area contributed by atoms with Gasteiger partial charge in [0.15, 0.2) is 0 Å². The fourth-order valence-electron chi connectivity index (χ4n) is 2.46. The number of hydrogen-bond acceptors (Lipinski definition) is 2. The van der Waals surface area contributed by atoms with E-state index >= 15 is 0 Å². The highest BCUT2D eigenvalue weighted by Gasteiger charge is 2.18. The van der Waals surface area contributed by atoms with Crippen molar-refractivity contribution in [1.82, 2.24) is 0 Å². The molecule has 116 valence electrons. The normalized spacial score (nSPS) is 23.7. The SMILES string of the molecule is CC.CC(C)C1CCOC1.CC(C)C1CCOCC1. The lowest BCUT2D eigenvalue weighted by atomic mass is 9.89. The van der Waals surface area contributed by atoms with Crippen molar-refractivity contribution in [2.75, 3.05) is 26.4 Å². The van der Waals surface area contributed by atoms with Gasteiger partial charge >= 0.3 is 0 Å². The summed E-state index contributed by atoms with van der Waals surface area (Å²) in [5.41, 5.74) is 0. The van der Waals surface area contributed by atoms with Gasteiger partial charge in [-0.05, 0) is 42.9 Å². The molecule has 2 fully saturated rings. The summed E-state index contributed by atoms with van der Waals surface area (Å²) in [6.45, 7) is 17.1. The molecule has 2 nitrogen and oxygen atoms in total. The van der Waals surface area contributed by atoms with Crippen LogP contribution in [0.4, 0.5) is 0 Å². The van der Waals surface area contributed by atoms with E-state index in [4.69, 9.17) is 9.47 Å². The van der Waals surface area contributed by atoms with Crippen molar-refractivity contribution in [1.29, 1.82) is 0 Å². The lowest BCUT2D eigenvalue weighted by molar-refractivity contribution is 0.0523. The van der Waals surface area contributed by atoms with Crippen LogP contribution in [-0.4, -0.2) is 26.4 Å². The first-order valence-corrected chi connectivity index (χ1v) is 8.26. The molecule has 2 aliphatic heterocycles. The smallest absolute Gasteiger partial charge is 0.0497 e. The Morgan fingerprint density at radius 2 is 1.11 bits per heavy atom. The predicted molar refractivity (Wildman–Crippen MR) is 83.5 cm³/mol.